The van der Waals surface area contributed by atoms with Gasteiger partial charge in [-0.3, -0.25) is 4.79 Å². The Kier molecular flexibility index (Phi) is 3.55. The van der Waals surface area contributed by atoms with E-state index in [4.69, 9.17) is 0 Å². The van der Waals surface area contributed by atoms with E-state index in [1.165, 1.54) is 16.7 Å². The Balaban J connectivity index is 1.81. The summed E-state index contributed by atoms with van der Waals surface area (Å²) in [7, 11) is 0. The molecule has 0 spiro atoms. The summed E-state index contributed by atoms with van der Waals surface area (Å²) in [5.41, 5.74) is 2.59. The lowest BCUT2D eigenvalue weighted by atomic mass is 9.98. The van der Waals surface area contributed by atoms with Crippen LogP contribution in [-0.2, 0) is 11.2 Å². The second-order valence-corrected chi connectivity index (χ2v) is 7.27. The number of fused-ring (bicyclic) bond motifs is 1. The molecule has 1 aliphatic heterocycles. The third kappa shape index (κ3) is 2.35. The van der Waals surface area contributed by atoms with Crippen molar-refractivity contribution in [1.29, 1.82) is 0 Å². The van der Waals surface area contributed by atoms with Gasteiger partial charge in [-0.05, 0) is 42.6 Å². The fourth-order valence-electron chi connectivity index (χ4n) is 3.19. The molecule has 1 aromatic carbocycles. The number of hydrogen-bond donors (Lipinski definition) is 2. The Morgan fingerprint density at radius 1 is 1.50 bits per heavy atom. The third-order valence-corrected chi connectivity index (χ3v) is 5.63. The van der Waals surface area contributed by atoms with Crippen molar-refractivity contribution in [2.24, 2.45) is 5.92 Å². The zero-order valence-electron chi connectivity index (χ0n) is 12.0. The minimum Gasteiger partial charge on any atom is -0.379 e. The number of benzene rings is 1. The number of aryl methyl sites for hydroxylation is 1. The number of carbonyl (C=O) groups excluding carboxylic acids is 1. The van der Waals surface area contributed by atoms with Crippen molar-refractivity contribution < 1.29 is 9.90 Å². The van der Waals surface area contributed by atoms with E-state index in [0.717, 1.165) is 12.2 Å². The Hall–Kier alpha value is -1.000. The Bertz CT molecular complexity index is 537. The average Bonchev–Trinajstić information content (AvgIpc) is 2.96. The lowest BCUT2D eigenvalue weighted by Crippen LogP contribution is -2.48. The van der Waals surface area contributed by atoms with Gasteiger partial charge >= 0.3 is 0 Å². The molecule has 1 aliphatic carbocycles. The fourth-order valence-corrected chi connectivity index (χ4v) is 4.43. The SMILES string of the molecule is Cc1ccc2c(c1)[C@H](NC(=O)[C@]1(O)CCSC1)[C@@H](C)C2. The lowest BCUT2D eigenvalue weighted by molar-refractivity contribution is -0.138. The van der Waals surface area contributed by atoms with Gasteiger partial charge in [-0.25, -0.2) is 0 Å². The van der Waals surface area contributed by atoms with Crippen molar-refractivity contribution >= 4 is 17.7 Å². The molecule has 0 saturated carbocycles. The zero-order valence-corrected chi connectivity index (χ0v) is 12.8. The molecule has 1 aromatic rings. The van der Waals surface area contributed by atoms with E-state index >= 15 is 0 Å². The molecule has 3 nitrogen and oxygen atoms in total. The van der Waals surface area contributed by atoms with Crippen molar-refractivity contribution in [1.82, 2.24) is 5.32 Å². The Morgan fingerprint density at radius 2 is 2.30 bits per heavy atom. The number of amides is 1. The summed E-state index contributed by atoms with van der Waals surface area (Å²) in [6, 6.07) is 6.48. The molecular weight excluding hydrogens is 270 g/mol. The van der Waals surface area contributed by atoms with E-state index in [1.807, 2.05) is 0 Å². The minimum atomic E-state index is -1.17. The van der Waals surface area contributed by atoms with E-state index in [2.05, 4.69) is 37.4 Å². The van der Waals surface area contributed by atoms with Crippen LogP contribution in [0.4, 0.5) is 0 Å². The molecule has 108 valence electrons. The molecule has 20 heavy (non-hydrogen) atoms. The predicted octanol–water partition coefficient (Wildman–Crippen LogP) is 2.21. The summed E-state index contributed by atoms with van der Waals surface area (Å²) >= 11 is 1.65. The quantitative estimate of drug-likeness (QED) is 0.878. The monoisotopic (exact) mass is 291 g/mol. The lowest BCUT2D eigenvalue weighted by Gasteiger charge is -2.26. The number of hydrogen-bond acceptors (Lipinski definition) is 3. The standard InChI is InChI=1S/C16H21NO2S/c1-10-3-4-12-8-11(2)14(13(12)7-10)17-15(18)16(19)5-6-20-9-16/h3-4,7,11,14,19H,5-6,8-9H2,1-2H3,(H,17,18)/t11-,14+,16-/m0/s1. The smallest absolute Gasteiger partial charge is 0.253 e. The summed E-state index contributed by atoms with van der Waals surface area (Å²) in [6.07, 6.45) is 1.55. The molecule has 1 saturated heterocycles. The van der Waals surface area contributed by atoms with Gasteiger partial charge in [-0.2, -0.15) is 11.8 Å². The number of thioether (sulfide) groups is 1. The first-order valence-corrected chi connectivity index (χ1v) is 8.35. The zero-order chi connectivity index (χ0) is 14.3. The predicted molar refractivity (Wildman–Crippen MR) is 81.8 cm³/mol. The maximum Gasteiger partial charge on any atom is 0.253 e. The molecule has 1 amide bonds. The van der Waals surface area contributed by atoms with Crippen LogP contribution >= 0.6 is 11.8 Å². The number of rotatable bonds is 2. The van der Waals surface area contributed by atoms with Gasteiger partial charge in [0.15, 0.2) is 5.60 Å². The molecule has 2 aliphatic rings. The van der Waals surface area contributed by atoms with Crippen LogP contribution in [0.5, 0.6) is 0 Å². The van der Waals surface area contributed by atoms with E-state index in [-0.39, 0.29) is 11.9 Å². The van der Waals surface area contributed by atoms with Crippen LogP contribution in [0, 0.1) is 12.8 Å². The van der Waals surface area contributed by atoms with E-state index < -0.39 is 5.60 Å². The number of nitrogens with one attached hydrogen (secondary N) is 1. The van der Waals surface area contributed by atoms with Crippen LogP contribution in [0.15, 0.2) is 18.2 Å². The van der Waals surface area contributed by atoms with Crippen LogP contribution in [0.25, 0.3) is 0 Å². The first-order valence-electron chi connectivity index (χ1n) is 7.20. The van der Waals surface area contributed by atoms with Gasteiger partial charge in [0.2, 0.25) is 0 Å². The molecule has 3 atom stereocenters. The van der Waals surface area contributed by atoms with Gasteiger partial charge in [0.1, 0.15) is 0 Å². The van der Waals surface area contributed by atoms with Crippen LogP contribution in [-0.4, -0.2) is 28.1 Å². The molecule has 0 radical (unpaired) electrons. The third-order valence-electron chi connectivity index (χ3n) is 4.46. The largest absolute Gasteiger partial charge is 0.379 e. The molecule has 3 rings (SSSR count). The van der Waals surface area contributed by atoms with Gasteiger partial charge in [-0.1, -0.05) is 30.7 Å². The molecule has 0 bridgehead atoms. The highest BCUT2D eigenvalue weighted by atomic mass is 32.2. The highest BCUT2D eigenvalue weighted by molar-refractivity contribution is 7.99. The molecule has 1 fully saturated rings. The molecule has 2 N–H and O–H groups in total. The topological polar surface area (TPSA) is 49.3 Å². The normalized spacial score (nSPS) is 32.1. The maximum absolute atomic E-state index is 12.4. The van der Waals surface area contributed by atoms with E-state index in [9.17, 15) is 9.90 Å². The Labute approximate surface area is 124 Å². The molecule has 4 heteroatoms. The highest BCUT2D eigenvalue weighted by Crippen LogP contribution is 2.37. The maximum atomic E-state index is 12.4. The van der Waals surface area contributed by atoms with Gasteiger partial charge in [-0.15, -0.1) is 0 Å². The second-order valence-electron chi connectivity index (χ2n) is 6.17. The average molecular weight is 291 g/mol. The van der Waals surface area contributed by atoms with Crippen LogP contribution in [0.2, 0.25) is 0 Å². The summed E-state index contributed by atoms with van der Waals surface area (Å²) in [4.78, 5) is 12.4. The fraction of sp³-hybridized carbons (Fsp3) is 0.562. The molecule has 1 heterocycles. The minimum absolute atomic E-state index is 0.0343. The molecular formula is C16H21NO2S. The van der Waals surface area contributed by atoms with Crippen molar-refractivity contribution in [2.45, 2.75) is 38.3 Å². The summed E-state index contributed by atoms with van der Waals surface area (Å²) < 4.78 is 0. The van der Waals surface area contributed by atoms with Crippen molar-refractivity contribution in [3.8, 4) is 0 Å². The highest BCUT2D eigenvalue weighted by Gasteiger charge is 2.42. The van der Waals surface area contributed by atoms with Crippen molar-refractivity contribution in [3.05, 3.63) is 34.9 Å². The second kappa shape index (κ2) is 5.08. The summed E-state index contributed by atoms with van der Waals surface area (Å²) in [5, 5.41) is 13.5. The summed E-state index contributed by atoms with van der Waals surface area (Å²) in [6.45, 7) is 4.23. The first kappa shape index (κ1) is 14.0. The van der Waals surface area contributed by atoms with Gasteiger partial charge < -0.3 is 10.4 Å². The van der Waals surface area contributed by atoms with E-state index in [0.29, 0.717) is 18.1 Å². The van der Waals surface area contributed by atoms with Gasteiger partial charge in [0.05, 0.1) is 6.04 Å². The first-order chi connectivity index (χ1) is 9.49. The van der Waals surface area contributed by atoms with E-state index in [1.54, 1.807) is 11.8 Å². The van der Waals surface area contributed by atoms with Gasteiger partial charge in [0.25, 0.3) is 5.91 Å². The Morgan fingerprint density at radius 3 is 3.00 bits per heavy atom. The van der Waals surface area contributed by atoms with Crippen LogP contribution in [0.1, 0.15) is 36.1 Å². The molecule has 0 aromatic heterocycles. The van der Waals surface area contributed by atoms with Crippen molar-refractivity contribution in [3.63, 3.8) is 0 Å². The van der Waals surface area contributed by atoms with Crippen LogP contribution < -0.4 is 5.32 Å². The summed E-state index contributed by atoms with van der Waals surface area (Å²) in [5.74, 6) is 1.56. The van der Waals surface area contributed by atoms with Crippen molar-refractivity contribution in [2.75, 3.05) is 11.5 Å². The molecule has 0 unspecified atom stereocenters. The van der Waals surface area contributed by atoms with Crippen LogP contribution in [0.3, 0.4) is 0 Å². The number of aliphatic hydroxyl groups is 1. The van der Waals surface area contributed by atoms with Gasteiger partial charge in [0, 0.05) is 5.75 Å². The number of carbonyl (C=O) groups is 1.